The van der Waals surface area contributed by atoms with Crippen molar-refractivity contribution in [2.75, 3.05) is 25.6 Å². The number of methoxy groups -OCH3 is 1. The average molecular weight is 655 g/mol. The minimum Gasteiger partial charge on any atom is -0.493 e. The number of hydrogen-bond acceptors (Lipinski definition) is 5. The van der Waals surface area contributed by atoms with Crippen molar-refractivity contribution in [2.45, 2.75) is 38.5 Å². The second-order valence-corrected chi connectivity index (χ2v) is 12.6. The predicted octanol–water partition coefficient (Wildman–Crippen LogP) is 9.65. The lowest BCUT2D eigenvalue weighted by Crippen LogP contribution is -2.15. The van der Waals surface area contributed by atoms with Gasteiger partial charge in [0.25, 0.3) is 0 Å². The SMILES string of the molecule is COC(=O)CNc1ccc(-n2cc(-c3ccc(Cl)cc3Cl)nc2Cc2ccc(-c3ccc(OCC4CCCCC4)cc3)cc2)cc1. The molecule has 8 heteroatoms. The molecule has 46 heavy (non-hydrogen) atoms. The smallest absolute Gasteiger partial charge is 0.325 e. The minimum absolute atomic E-state index is 0.0969. The molecule has 0 saturated heterocycles. The number of benzene rings is 4. The lowest BCUT2D eigenvalue weighted by molar-refractivity contribution is -0.138. The van der Waals surface area contributed by atoms with E-state index in [2.05, 4.69) is 58.4 Å². The monoisotopic (exact) mass is 653 g/mol. The Labute approximate surface area is 280 Å². The van der Waals surface area contributed by atoms with Gasteiger partial charge in [0.05, 0.1) is 24.4 Å². The maximum atomic E-state index is 11.5. The highest BCUT2D eigenvalue weighted by Crippen LogP contribution is 2.32. The van der Waals surface area contributed by atoms with Crippen LogP contribution >= 0.6 is 23.2 Å². The average Bonchev–Trinajstić information content (AvgIpc) is 3.50. The molecular formula is C38H37Cl2N3O3. The topological polar surface area (TPSA) is 65.4 Å². The third kappa shape index (κ3) is 7.93. The van der Waals surface area contributed by atoms with Gasteiger partial charge in [0.1, 0.15) is 18.1 Å². The fraction of sp³-hybridized carbons (Fsp3) is 0.263. The van der Waals surface area contributed by atoms with Gasteiger partial charge in [-0.15, -0.1) is 0 Å². The molecule has 1 aliphatic rings. The van der Waals surface area contributed by atoms with Crippen LogP contribution < -0.4 is 10.1 Å². The number of esters is 1. The van der Waals surface area contributed by atoms with Crippen LogP contribution in [0.25, 0.3) is 28.1 Å². The first-order valence-electron chi connectivity index (χ1n) is 15.7. The molecule has 0 atom stereocenters. The molecule has 0 spiro atoms. The lowest BCUT2D eigenvalue weighted by atomic mass is 9.90. The Kier molecular flexibility index (Phi) is 10.3. The van der Waals surface area contributed by atoms with Crippen molar-refractivity contribution in [1.29, 1.82) is 0 Å². The molecule has 1 saturated carbocycles. The first-order chi connectivity index (χ1) is 22.4. The standard InChI is InChI=1S/C38H37Cl2N3O3/c1-45-38(44)23-41-31-14-16-32(17-15-31)43-24-36(34-20-13-30(39)22-35(34)40)42-37(43)21-26-7-9-28(10-8-26)29-11-18-33(19-12-29)46-25-27-5-3-2-4-6-27/h7-20,22,24,27,41H,2-6,21,23,25H2,1H3. The summed E-state index contributed by atoms with van der Waals surface area (Å²) >= 11 is 12.7. The number of carbonyl (C=O) groups is 1. The van der Waals surface area contributed by atoms with Gasteiger partial charge in [-0.2, -0.15) is 0 Å². The number of halogens is 2. The summed E-state index contributed by atoms with van der Waals surface area (Å²) in [6, 6.07) is 30.3. The van der Waals surface area contributed by atoms with Crippen LogP contribution in [0, 0.1) is 5.92 Å². The van der Waals surface area contributed by atoms with Crippen molar-refractivity contribution in [2.24, 2.45) is 5.92 Å². The van der Waals surface area contributed by atoms with Crippen LogP contribution in [0.5, 0.6) is 5.75 Å². The summed E-state index contributed by atoms with van der Waals surface area (Å²) in [4.78, 5) is 16.6. The van der Waals surface area contributed by atoms with Gasteiger partial charge >= 0.3 is 5.97 Å². The molecule has 1 fully saturated rings. The minimum atomic E-state index is -0.327. The number of imidazole rings is 1. The van der Waals surface area contributed by atoms with Crippen molar-refractivity contribution >= 4 is 34.9 Å². The summed E-state index contributed by atoms with van der Waals surface area (Å²) in [6.07, 6.45) is 9.18. The van der Waals surface area contributed by atoms with Crippen molar-refractivity contribution < 1.29 is 14.3 Å². The summed E-state index contributed by atoms with van der Waals surface area (Å²) < 4.78 is 12.9. The molecule has 6 nitrogen and oxygen atoms in total. The van der Waals surface area contributed by atoms with Crippen LogP contribution in [-0.2, 0) is 16.0 Å². The zero-order chi connectivity index (χ0) is 31.9. The molecule has 5 aromatic rings. The molecule has 0 radical (unpaired) electrons. The molecule has 1 aliphatic carbocycles. The maximum Gasteiger partial charge on any atom is 0.325 e. The fourth-order valence-corrected chi connectivity index (χ4v) is 6.39. The van der Waals surface area contributed by atoms with E-state index in [1.807, 2.05) is 42.6 Å². The molecule has 1 heterocycles. The summed E-state index contributed by atoms with van der Waals surface area (Å²) in [5.41, 5.74) is 6.75. The van der Waals surface area contributed by atoms with Crippen LogP contribution in [0.3, 0.4) is 0 Å². The van der Waals surface area contributed by atoms with Crippen molar-refractivity contribution in [3.05, 3.63) is 119 Å². The van der Waals surface area contributed by atoms with E-state index in [9.17, 15) is 4.79 Å². The molecule has 4 aromatic carbocycles. The molecule has 0 aliphatic heterocycles. The molecule has 236 valence electrons. The number of aromatic nitrogens is 2. The Morgan fingerprint density at radius 1 is 0.891 bits per heavy atom. The number of carbonyl (C=O) groups excluding carboxylic acids is 1. The van der Waals surface area contributed by atoms with Crippen LogP contribution in [-0.4, -0.2) is 35.8 Å². The fourth-order valence-electron chi connectivity index (χ4n) is 5.89. The number of hydrogen-bond donors (Lipinski definition) is 1. The van der Waals surface area contributed by atoms with Gasteiger partial charge < -0.3 is 19.4 Å². The van der Waals surface area contributed by atoms with E-state index in [4.69, 9.17) is 37.7 Å². The number of nitrogens with zero attached hydrogens (tertiary/aromatic N) is 2. The van der Waals surface area contributed by atoms with Crippen molar-refractivity contribution in [3.8, 4) is 33.8 Å². The first kappa shape index (κ1) is 31.7. The summed E-state index contributed by atoms with van der Waals surface area (Å²) in [7, 11) is 1.37. The van der Waals surface area contributed by atoms with E-state index in [1.54, 1.807) is 6.07 Å². The number of rotatable bonds is 11. The second kappa shape index (κ2) is 14.9. The zero-order valence-corrected chi connectivity index (χ0v) is 27.4. The third-order valence-corrected chi connectivity index (χ3v) is 9.06. The van der Waals surface area contributed by atoms with E-state index in [0.717, 1.165) is 57.5 Å². The Morgan fingerprint density at radius 3 is 2.26 bits per heavy atom. The second-order valence-electron chi connectivity index (χ2n) is 11.7. The Morgan fingerprint density at radius 2 is 1.59 bits per heavy atom. The normalized spacial score (nSPS) is 13.4. The van der Waals surface area contributed by atoms with Gasteiger partial charge in [-0.05, 0) is 90.0 Å². The van der Waals surface area contributed by atoms with Gasteiger partial charge in [-0.3, -0.25) is 4.79 Å². The van der Waals surface area contributed by atoms with Crippen LogP contribution in [0.4, 0.5) is 5.69 Å². The summed E-state index contributed by atoms with van der Waals surface area (Å²) in [5, 5.41) is 4.19. The van der Waals surface area contributed by atoms with Gasteiger partial charge in [-0.1, -0.05) is 78.9 Å². The van der Waals surface area contributed by atoms with E-state index in [0.29, 0.717) is 22.4 Å². The Balaban J connectivity index is 1.20. The van der Waals surface area contributed by atoms with Crippen LogP contribution in [0.15, 0.2) is 97.2 Å². The zero-order valence-electron chi connectivity index (χ0n) is 25.8. The highest BCUT2D eigenvalue weighted by atomic mass is 35.5. The van der Waals surface area contributed by atoms with Gasteiger partial charge in [0.15, 0.2) is 0 Å². The van der Waals surface area contributed by atoms with Gasteiger partial charge in [0, 0.05) is 34.6 Å². The van der Waals surface area contributed by atoms with Crippen LogP contribution in [0.2, 0.25) is 10.0 Å². The highest BCUT2D eigenvalue weighted by molar-refractivity contribution is 6.36. The largest absolute Gasteiger partial charge is 0.493 e. The molecule has 0 amide bonds. The van der Waals surface area contributed by atoms with E-state index in [1.165, 1.54) is 39.2 Å². The quantitative estimate of drug-likeness (QED) is 0.144. The Bertz CT molecular complexity index is 1760. The summed E-state index contributed by atoms with van der Waals surface area (Å²) in [5.74, 6) is 2.16. The summed E-state index contributed by atoms with van der Waals surface area (Å²) in [6.45, 7) is 0.909. The molecule has 1 N–H and O–H groups in total. The lowest BCUT2D eigenvalue weighted by Gasteiger charge is -2.21. The Hall–Kier alpha value is -4.26. The predicted molar refractivity (Wildman–Crippen MR) is 186 cm³/mol. The van der Waals surface area contributed by atoms with Gasteiger partial charge in [0.2, 0.25) is 0 Å². The van der Waals surface area contributed by atoms with Crippen molar-refractivity contribution in [1.82, 2.24) is 9.55 Å². The van der Waals surface area contributed by atoms with Crippen LogP contribution in [0.1, 0.15) is 43.5 Å². The molecule has 6 rings (SSSR count). The molecule has 1 aromatic heterocycles. The number of anilines is 1. The van der Waals surface area contributed by atoms with E-state index in [-0.39, 0.29) is 12.5 Å². The maximum absolute atomic E-state index is 11.5. The first-order valence-corrected chi connectivity index (χ1v) is 16.5. The molecular weight excluding hydrogens is 617 g/mol. The molecule has 0 bridgehead atoms. The number of ether oxygens (including phenoxy) is 2. The van der Waals surface area contributed by atoms with Gasteiger partial charge in [-0.25, -0.2) is 4.98 Å². The highest BCUT2D eigenvalue weighted by Gasteiger charge is 2.16. The number of nitrogens with one attached hydrogen (secondary N) is 1. The van der Waals surface area contributed by atoms with E-state index >= 15 is 0 Å². The third-order valence-electron chi connectivity index (χ3n) is 8.51. The molecule has 0 unspecified atom stereocenters. The van der Waals surface area contributed by atoms with E-state index < -0.39 is 0 Å². The van der Waals surface area contributed by atoms with Crippen molar-refractivity contribution in [3.63, 3.8) is 0 Å².